The number of hydrogen-bond donors (Lipinski definition) is 1. The molecule has 0 fully saturated rings. The van der Waals surface area contributed by atoms with Gasteiger partial charge >= 0.3 is 0 Å². The molecular formula is C11H8N2S. The molecule has 1 aliphatic rings. The Labute approximate surface area is 86.2 Å². The number of nitrogens with zero attached hydrogens (tertiary/aromatic N) is 1. The fourth-order valence-electron chi connectivity index (χ4n) is 1.65. The van der Waals surface area contributed by atoms with Crippen molar-refractivity contribution in [2.24, 2.45) is 0 Å². The van der Waals surface area contributed by atoms with Gasteiger partial charge in [-0.05, 0) is 41.0 Å². The molecule has 1 aliphatic heterocycles. The second kappa shape index (κ2) is 3.03. The summed E-state index contributed by atoms with van der Waals surface area (Å²) in [5.41, 5.74) is 2.40. The highest BCUT2D eigenvalue weighted by Crippen LogP contribution is 2.32. The highest BCUT2D eigenvalue weighted by atomic mass is 32.2. The van der Waals surface area contributed by atoms with Crippen LogP contribution in [0.4, 0.5) is 5.69 Å². The number of rotatable bonds is 0. The van der Waals surface area contributed by atoms with Crippen LogP contribution in [0.15, 0.2) is 36.0 Å². The van der Waals surface area contributed by atoms with Gasteiger partial charge in [0.25, 0.3) is 0 Å². The van der Waals surface area contributed by atoms with Gasteiger partial charge in [0.15, 0.2) is 0 Å². The molecule has 0 bridgehead atoms. The van der Waals surface area contributed by atoms with Crippen LogP contribution in [0.25, 0.3) is 16.8 Å². The van der Waals surface area contributed by atoms with E-state index in [1.807, 2.05) is 18.5 Å². The number of fused-ring (bicyclic) bond motifs is 3. The Hall–Kier alpha value is -1.48. The first-order chi connectivity index (χ1) is 6.95. The minimum absolute atomic E-state index is 1.16. The van der Waals surface area contributed by atoms with E-state index in [4.69, 9.17) is 0 Å². The quantitative estimate of drug-likeness (QED) is 0.660. The van der Waals surface area contributed by atoms with Crippen molar-refractivity contribution in [1.82, 2.24) is 4.98 Å². The molecular weight excluding hydrogens is 192 g/mol. The van der Waals surface area contributed by atoms with Gasteiger partial charge in [0.2, 0.25) is 0 Å². The lowest BCUT2D eigenvalue weighted by molar-refractivity contribution is 1.36. The zero-order valence-corrected chi connectivity index (χ0v) is 8.21. The third-order valence-electron chi connectivity index (χ3n) is 2.34. The van der Waals surface area contributed by atoms with Crippen molar-refractivity contribution in [2.75, 3.05) is 4.72 Å². The highest BCUT2D eigenvalue weighted by molar-refractivity contribution is 8.03. The summed E-state index contributed by atoms with van der Waals surface area (Å²) in [6, 6.07) is 6.25. The molecule has 2 nitrogen and oxygen atoms in total. The molecule has 14 heavy (non-hydrogen) atoms. The number of pyridine rings is 1. The van der Waals surface area contributed by atoms with Gasteiger partial charge in [-0.2, -0.15) is 0 Å². The number of aromatic nitrogens is 1. The van der Waals surface area contributed by atoms with Crippen LogP contribution in [0, 0.1) is 0 Å². The minimum Gasteiger partial charge on any atom is -0.326 e. The Bertz CT molecular complexity index is 520. The fraction of sp³-hybridized carbons (Fsp3) is 0. The van der Waals surface area contributed by atoms with Crippen LogP contribution < -0.4 is 4.72 Å². The minimum atomic E-state index is 1.16. The third kappa shape index (κ3) is 1.09. The summed E-state index contributed by atoms with van der Waals surface area (Å²) in [4.78, 5) is 4.15. The van der Waals surface area contributed by atoms with E-state index >= 15 is 0 Å². The Morgan fingerprint density at radius 3 is 3.21 bits per heavy atom. The van der Waals surface area contributed by atoms with Crippen molar-refractivity contribution in [3.8, 4) is 0 Å². The number of nitrogens with one attached hydrogen (secondary N) is 1. The van der Waals surface area contributed by atoms with Crippen LogP contribution >= 0.6 is 11.9 Å². The van der Waals surface area contributed by atoms with Crippen LogP contribution in [0.1, 0.15) is 5.56 Å². The second-order valence-electron chi connectivity index (χ2n) is 3.15. The van der Waals surface area contributed by atoms with Crippen LogP contribution in [-0.2, 0) is 0 Å². The van der Waals surface area contributed by atoms with E-state index in [1.165, 1.54) is 16.3 Å². The van der Waals surface area contributed by atoms with Gasteiger partial charge in [-0.3, -0.25) is 4.98 Å². The van der Waals surface area contributed by atoms with E-state index < -0.39 is 0 Å². The predicted octanol–water partition coefficient (Wildman–Crippen LogP) is 3.28. The molecule has 0 atom stereocenters. The largest absolute Gasteiger partial charge is 0.326 e. The first kappa shape index (κ1) is 7.88. The summed E-state index contributed by atoms with van der Waals surface area (Å²) >= 11 is 1.60. The molecule has 68 valence electrons. The number of hydrogen-bond acceptors (Lipinski definition) is 3. The Kier molecular flexibility index (Phi) is 1.70. The van der Waals surface area contributed by atoms with Gasteiger partial charge in [-0.15, -0.1) is 0 Å². The molecule has 3 rings (SSSR count). The molecule has 1 aromatic heterocycles. The van der Waals surface area contributed by atoms with Crippen molar-refractivity contribution in [3.63, 3.8) is 0 Å². The first-order valence-electron chi connectivity index (χ1n) is 4.40. The van der Waals surface area contributed by atoms with Crippen LogP contribution in [-0.4, -0.2) is 4.98 Å². The van der Waals surface area contributed by atoms with Crippen LogP contribution in [0.5, 0.6) is 0 Å². The van der Waals surface area contributed by atoms with Crippen LogP contribution in [0.3, 0.4) is 0 Å². The molecule has 1 aromatic carbocycles. The molecule has 0 aliphatic carbocycles. The molecule has 0 saturated heterocycles. The maximum absolute atomic E-state index is 4.15. The van der Waals surface area contributed by atoms with E-state index in [2.05, 4.69) is 33.3 Å². The van der Waals surface area contributed by atoms with Gasteiger partial charge in [-0.25, -0.2) is 0 Å². The second-order valence-corrected chi connectivity index (χ2v) is 3.86. The standard InChI is InChI=1S/C11H8N2S/c1-2-11-9(4-6-14-13-11)10-7-12-5-3-8(1)10/h1-7,13H. The molecule has 2 heterocycles. The van der Waals surface area contributed by atoms with E-state index in [0.717, 1.165) is 5.69 Å². The first-order valence-corrected chi connectivity index (χ1v) is 5.28. The van der Waals surface area contributed by atoms with Crippen molar-refractivity contribution in [3.05, 3.63) is 41.6 Å². The molecule has 3 heteroatoms. The Balaban J connectivity index is 2.42. The van der Waals surface area contributed by atoms with Crippen molar-refractivity contribution < 1.29 is 0 Å². The lowest BCUT2D eigenvalue weighted by Gasteiger charge is -2.13. The molecule has 2 aromatic rings. The maximum Gasteiger partial charge on any atom is 0.0523 e. The zero-order chi connectivity index (χ0) is 9.38. The summed E-state index contributed by atoms with van der Waals surface area (Å²) in [5.74, 6) is 0. The SMILES string of the molecule is C1=Cc2c(ccc3ccncc23)NS1. The van der Waals surface area contributed by atoms with Gasteiger partial charge in [0.05, 0.1) is 5.69 Å². The fourth-order valence-corrected chi connectivity index (χ4v) is 2.23. The summed E-state index contributed by atoms with van der Waals surface area (Å²) in [5, 5.41) is 4.49. The maximum atomic E-state index is 4.15. The summed E-state index contributed by atoms with van der Waals surface area (Å²) in [6.45, 7) is 0. The van der Waals surface area contributed by atoms with E-state index in [0.29, 0.717) is 0 Å². The summed E-state index contributed by atoms with van der Waals surface area (Å²) < 4.78 is 3.26. The summed E-state index contributed by atoms with van der Waals surface area (Å²) in [7, 11) is 0. The Morgan fingerprint density at radius 1 is 1.21 bits per heavy atom. The molecule has 0 unspecified atom stereocenters. The molecule has 0 amide bonds. The van der Waals surface area contributed by atoms with Crippen LogP contribution in [0.2, 0.25) is 0 Å². The average Bonchev–Trinajstić information content (AvgIpc) is 2.29. The normalized spacial score (nSPS) is 13.7. The van der Waals surface area contributed by atoms with E-state index in [9.17, 15) is 0 Å². The highest BCUT2D eigenvalue weighted by Gasteiger charge is 2.07. The smallest absolute Gasteiger partial charge is 0.0523 e. The van der Waals surface area contributed by atoms with Gasteiger partial charge in [0, 0.05) is 23.3 Å². The summed E-state index contributed by atoms with van der Waals surface area (Å²) in [6.07, 6.45) is 5.86. The number of anilines is 1. The molecule has 0 radical (unpaired) electrons. The van der Waals surface area contributed by atoms with E-state index in [1.54, 1.807) is 11.9 Å². The Morgan fingerprint density at radius 2 is 2.21 bits per heavy atom. The lowest BCUT2D eigenvalue weighted by atomic mass is 10.1. The van der Waals surface area contributed by atoms with Crippen molar-refractivity contribution in [1.29, 1.82) is 0 Å². The third-order valence-corrected chi connectivity index (χ3v) is 2.95. The lowest BCUT2D eigenvalue weighted by Crippen LogP contribution is -1.93. The van der Waals surface area contributed by atoms with Gasteiger partial charge in [-0.1, -0.05) is 6.07 Å². The predicted molar refractivity (Wildman–Crippen MR) is 62.0 cm³/mol. The number of benzene rings is 1. The van der Waals surface area contributed by atoms with Gasteiger partial charge < -0.3 is 4.72 Å². The van der Waals surface area contributed by atoms with Crippen molar-refractivity contribution >= 4 is 34.5 Å². The zero-order valence-electron chi connectivity index (χ0n) is 7.40. The molecule has 0 spiro atoms. The van der Waals surface area contributed by atoms with Crippen molar-refractivity contribution in [2.45, 2.75) is 0 Å². The van der Waals surface area contributed by atoms with E-state index in [-0.39, 0.29) is 0 Å². The van der Waals surface area contributed by atoms with Gasteiger partial charge in [0.1, 0.15) is 0 Å². The monoisotopic (exact) mass is 200 g/mol. The topological polar surface area (TPSA) is 24.9 Å². The average molecular weight is 200 g/mol. The molecule has 1 N–H and O–H groups in total. The molecule has 0 saturated carbocycles.